The van der Waals surface area contributed by atoms with Gasteiger partial charge in [-0.05, 0) is 26.9 Å². The minimum atomic E-state index is -0.771. The Balaban J connectivity index is 3.74. The molecule has 0 saturated heterocycles. The topological polar surface area (TPSA) is 98.7 Å². The van der Waals surface area contributed by atoms with Crippen molar-refractivity contribution < 1.29 is 19.8 Å². The second-order valence-electron chi connectivity index (χ2n) is 4.41. The molecule has 0 amide bonds. The highest BCUT2D eigenvalue weighted by molar-refractivity contribution is 8.76. The highest BCUT2D eigenvalue weighted by atomic mass is 33.1. The quantitative estimate of drug-likeness (QED) is 0.297. The lowest BCUT2D eigenvalue weighted by molar-refractivity contribution is -0.138. The maximum Gasteiger partial charge on any atom is 0.303 e. The molecular formula is C12H24N2O4S2. The number of carbonyl (C=O) groups is 2. The summed E-state index contributed by atoms with van der Waals surface area (Å²) in [5.74, 6) is 0.131. The van der Waals surface area contributed by atoms with E-state index >= 15 is 0 Å². The van der Waals surface area contributed by atoms with Gasteiger partial charge in [-0.15, -0.1) is 0 Å². The van der Waals surface area contributed by atoms with Gasteiger partial charge in [0.25, 0.3) is 0 Å². The average Bonchev–Trinajstić information content (AvgIpc) is 2.40. The maximum absolute atomic E-state index is 10.5. The highest BCUT2D eigenvalue weighted by Crippen LogP contribution is 2.24. The van der Waals surface area contributed by atoms with Gasteiger partial charge in [0, 0.05) is 36.4 Å². The van der Waals surface area contributed by atoms with Gasteiger partial charge >= 0.3 is 11.9 Å². The van der Waals surface area contributed by atoms with Crippen LogP contribution in [0.25, 0.3) is 0 Å². The largest absolute Gasteiger partial charge is 0.481 e. The van der Waals surface area contributed by atoms with Gasteiger partial charge in [-0.3, -0.25) is 9.59 Å². The minimum absolute atomic E-state index is 0.175. The van der Waals surface area contributed by atoms with Crippen molar-refractivity contribution in [2.75, 3.05) is 25.6 Å². The van der Waals surface area contributed by atoms with E-state index in [0.29, 0.717) is 12.8 Å². The molecule has 118 valence electrons. The molecule has 0 aliphatic rings. The zero-order valence-electron chi connectivity index (χ0n) is 11.9. The second-order valence-corrected chi connectivity index (χ2v) is 6.96. The van der Waals surface area contributed by atoms with Gasteiger partial charge in [0.15, 0.2) is 0 Å². The molecule has 0 aromatic heterocycles. The van der Waals surface area contributed by atoms with Crippen molar-refractivity contribution in [3.8, 4) is 0 Å². The van der Waals surface area contributed by atoms with Gasteiger partial charge < -0.3 is 20.8 Å². The van der Waals surface area contributed by atoms with E-state index in [9.17, 15) is 9.59 Å². The van der Waals surface area contributed by atoms with Crippen molar-refractivity contribution in [2.45, 2.75) is 37.8 Å². The lowest BCUT2D eigenvalue weighted by Gasteiger charge is -2.16. The van der Waals surface area contributed by atoms with Gasteiger partial charge in [-0.1, -0.05) is 21.6 Å². The molecule has 0 spiro atoms. The van der Waals surface area contributed by atoms with Gasteiger partial charge in [0.2, 0.25) is 0 Å². The summed E-state index contributed by atoms with van der Waals surface area (Å²) in [4.78, 5) is 21.0. The van der Waals surface area contributed by atoms with Crippen LogP contribution in [0.3, 0.4) is 0 Å². The van der Waals surface area contributed by atoms with Crippen molar-refractivity contribution >= 4 is 33.5 Å². The number of carboxylic acid groups (broad SMARTS) is 2. The van der Waals surface area contributed by atoms with Crippen LogP contribution < -0.4 is 10.6 Å². The Morgan fingerprint density at radius 1 is 0.900 bits per heavy atom. The molecule has 0 bridgehead atoms. The lowest BCUT2D eigenvalue weighted by Crippen LogP contribution is -2.29. The molecule has 0 rings (SSSR count). The number of hydrogen-bond acceptors (Lipinski definition) is 6. The number of hydrogen-bond donors (Lipinski definition) is 4. The fourth-order valence-electron chi connectivity index (χ4n) is 1.48. The minimum Gasteiger partial charge on any atom is -0.481 e. The molecule has 0 aromatic rings. The van der Waals surface area contributed by atoms with Crippen molar-refractivity contribution in [3.05, 3.63) is 0 Å². The standard InChI is InChI=1S/C12H24N2O4S2/c1-13-9(3-5-11(15)16)7-19-20-8-10(14-2)4-6-12(17)18/h9-10,13-14H,3-8H2,1-2H3,(H,15,16)(H,17,18)/t9-,10-/m0/s1. The Morgan fingerprint density at radius 3 is 1.50 bits per heavy atom. The zero-order valence-corrected chi connectivity index (χ0v) is 13.6. The summed E-state index contributed by atoms with van der Waals surface area (Å²) in [6.07, 6.45) is 1.59. The van der Waals surface area contributed by atoms with E-state index in [1.165, 1.54) is 0 Å². The Morgan fingerprint density at radius 2 is 1.25 bits per heavy atom. The molecule has 0 aromatic carbocycles. The summed E-state index contributed by atoms with van der Waals surface area (Å²) in [6.45, 7) is 0. The van der Waals surface area contributed by atoms with Crippen LogP contribution in [-0.4, -0.2) is 59.8 Å². The van der Waals surface area contributed by atoms with E-state index < -0.39 is 11.9 Å². The van der Waals surface area contributed by atoms with Gasteiger partial charge in [-0.2, -0.15) is 0 Å². The van der Waals surface area contributed by atoms with E-state index in [-0.39, 0.29) is 24.9 Å². The number of carboxylic acids is 2. The number of rotatable bonds is 13. The van der Waals surface area contributed by atoms with Crippen LogP contribution in [0.15, 0.2) is 0 Å². The summed E-state index contributed by atoms with van der Waals surface area (Å²) >= 11 is 0. The third-order valence-electron chi connectivity index (χ3n) is 2.85. The Labute approximate surface area is 127 Å². The van der Waals surface area contributed by atoms with Gasteiger partial charge in [-0.25, -0.2) is 0 Å². The van der Waals surface area contributed by atoms with E-state index in [1.807, 2.05) is 14.1 Å². The van der Waals surface area contributed by atoms with Crippen LogP contribution in [0.2, 0.25) is 0 Å². The molecule has 0 radical (unpaired) electrons. The average molecular weight is 324 g/mol. The first-order valence-electron chi connectivity index (χ1n) is 6.52. The summed E-state index contributed by atoms with van der Waals surface area (Å²) in [5, 5.41) is 23.5. The van der Waals surface area contributed by atoms with Crippen molar-refractivity contribution in [3.63, 3.8) is 0 Å². The van der Waals surface area contributed by atoms with Crippen LogP contribution in [-0.2, 0) is 9.59 Å². The predicted molar refractivity (Wildman–Crippen MR) is 84.4 cm³/mol. The molecule has 6 nitrogen and oxygen atoms in total. The first-order chi connectivity index (χ1) is 9.49. The zero-order chi connectivity index (χ0) is 15.4. The Kier molecular flexibility index (Phi) is 12.0. The first-order valence-corrected chi connectivity index (χ1v) is 9.00. The van der Waals surface area contributed by atoms with Crippen molar-refractivity contribution in [2.24, 2.45) is 0 Å². The van der Waals surface area contributed by atoms with Crippen molar-refractivity contribution in [1.29, 1.82) is 0 Å². The Bertz CT molecular complexity index is 265. The second kappa shape index (κ2) is 12.3. The molecule has 2 atom stereocenters. The van der Waals surface area contributed by atoms with Gasteiger partial charge in [0.1, 0.15) is 0 Å². The molecule has 8 heteroatoms. The SMILES string of the molecule is CN[C@@H](CCC(=O)O)CSSC[C@H](CCC(=O)O)NC. The van der Waals surface area contributed by atoms with Crippen LogP contribution in [0, 0.1) is 0 Å². The van der Waals surface area contributed by atoms with Crippen LogP contribution in [0.1, 0.15) is 25.7 Å². The van der Waals surface area contributed by atoms with Crippen LogP contribution in [0.5, 0.6) is 0 Å². The molecule has 20 heavy (non-hydrogen) atoms. The molecule has 0 aliphatic carbocycles. The summed E-state index contributed by atoms with van der Waals surface area (Å²) in [5.41, 5.74) is 0. The van der Waals surface area contributed by atoms with E-state index in [4.69, 9.17) is 10.2 Å². The first kappa shape index (κ1) is 19.6. The molecule has 4 N–H and O–H groups in total. The normalized spacial score (nSPS) is 13.9. The molecular weight excluding hydrogens is 300 g/mol. The predicted octanol–water partition coefficient (Wildman–Crippen LogP) is 1.27. The monoisotopic (exact) mass is 324 g/mol. The van der Waals surface area contributed by atoms with Gasteiger partial charge in [0.05, 0.1) is 0 Å². The smallest absolute Gasteiger partial charge is 0.303 e. The third kappa shape index (κ3) is 11.4. The molecule has 0 heterocycles. The van der Waals surface area contributed by atoms with Crippen molar-refractivity contribution in [1.82, 2.24) is 10.6 Å². The Hall–Kier alpha value is -0.440. The fourth-order valence-corrected chi connectivity index (χ4v) is 4.23. The maximum atomic E-state index is 10.5. The molecule has 0 fully saturated rings. The van der Waals surface area contributed by atoms with E-state index in [1.54, 1.807) is 21.6 Å². The van der Waals surface area contributed by atoms with Crippen LogP contribution in [0.4, 0.5) is 0 Å². The van der Waals surface area contributed by atoms with E-state index in [0.717, 1.165) is 11.5 Å². The fraction of sp³-hybridized carbons (Fsp3) is 0.833. The molecule has 0 saturated carbocycles. The third-order valence-corrected chi connectivity index (χ3v) is 5.41. The molecule has 0 aliphatic heterocycles. The highest BCUT2D eigenvalue weighted by Gasteiger charge is 2.11. The van der Waals surface area contributed by atoms with E-state index in [2.05, 4.69) is 10.6 Å². The number of nitrogens with one attached hydrogen (secondary N) is 2. The lowest BCUT2D eigenvalue weighted by atomic mass is 10.2. The molecule has 0 unspecified atom stereocenters. The summed E-state index contributed by atoms with van der Waals surface area (Å²) < 4.78 is 0. The van der Waals surface area contributed by atoms with Crippen LogP contribution >= 0.6 is 21.6 Å². The number of aliphatic carboxylic acids is 2. The summed E-state index contributed by atoms with van der Waals surface area (Å²) in [7, 11) is 7.05. The summed E-state index contributed by atoms with van der Waals surface area (Å²) in [6, 6.07) is 0.381.